The van der Waals surface area contributed by atoms with Crippen LogP contribution in [0.3, 0.4) is 0 Å². The fourth-order valence-corrected chi connectivity index (χ4v) is 4.11. The average molecular weight is 410 g/mol. The molecule has 0 aromatic carbocycles. The average Bonchev–Trinajstić information content (AvgIpc) is 3.05. The Hall–Kier alpha value is -3.30. The molecule has 5 rings (SSSR count). The summed E-state index contributed by atoms with van der Waals surface area (Å²) in [5.74, 6) is 1.76. The van der Waals surface area contributed by atoms with E-state index in [-0.39, 0.29) is 24.1 Å². The molecule has 3 aromatic heterocycles. The van der Waals surface area contributed by atoms with E-state index >= 15 is 0 Å². The van der Waals surface area contributed by atoms with E-state index < -0.39 is 5.60 Å². The van der Waals surface area contributed by atoms with Crippen LogP contribution in [0.2, 0.25) is 0 Å². The molecule has 1 saturated carbocycles. The van der Waals surface area contributed by atoms with Crippen LogP contribution in [0, 0.1) is 11.8 Å². The topological polar surface area (TPSA) is 116 Å². The van der Waals surface area contributed by atoms with Crippen LogP contribution in [0.15, 0.2) is 33.8 Å². The molecular weight excluding hydrogens is 388 g/mol. The van der Waals surface area contributed by atoms with Gasteiger partial charge in [0.2, 0.25) is 5.89 Å². The van der Waals surface area contributed by atoms with Gasteiger partial charge in [0.1, 0.15) is 12.1 Å². The molecule has 4 heterocycles. The van der Waals surface area contributed by atoms with E-state index in [1.54, 1.807) is 29.4 Å². The van der Waals surface area contributed by atoms with Crippen LogP contribution < -0.4 is 5.56 Å². The quantitative estimate of drug-likeness (QED) is 0.642. The molecule has 3 aromatic rings. The molecule has 2 aliphatic rings. The van der Waals surface area contributed by atoms with Crippen molar-refractivity contribution < 1.29 is 14.1 Å². The summed E-state index contributed by atoms with van der Waals surface area (Å²) in [5, 5.41) is 8.74. The Labute approximate surface area is 171 Å². The van der Waals surface area contributed by atoms with Gasteiger partial charge in [-0.3, -0.25) is 9.78 Å². The third-order valence-electron chi connectivity index (χ3n) is 5.54. The van der Waals surface area contributed by atoms with Crippen molar-refractivity contribution in [2.24, 2.45) is 11.8 Å². The standard InChI is InChI=1S/C20H22N6O4/c1-20(2,3)29-19(28)25-8-12-13(9-25)16(12)17-23-15(30-24-17)10-26-18(27)11-5-4-6-21-14(11)7-22-26/h4-7,12-13,16H,8-10H2,1-3H3/t12-,13+,16+. The smallest absolute Gasteiger partial charge is 0.410 e. The number of amides is 1. The van der Waals surface area contributed by atoms with Gasteiger partial charge in [-0.25, -0.2) is 9.48 Å². The van der Waals surface area contributed by atoms with Crippen LogP contribution in [0.25, 0.3) is 10.9 Å². The van der Waals surface area contributed by atoms with Crippen molar-refractivity contribution in [2.75, 3.05) is 13.1 Å². The highest BCUT2D eigenvalue weighted by molar-refractivity contribution is 5.75. The largest absolute Gasteiger partial charge is 0.444 e. The highest BCUT2D eigenvalue weighted by atomic mass is 16.6. The molecule has 0 radical (unpaired) electrons. The predicted molar refractivity (Wildman–Crippen MR) is 105 cm³/mol. The van der Waals surface area contributed by atoms with Crippen LogP contribution in [0.4, 0.5) is 4.79 Å². The fraction of sp³-hybridized carbons (Fsp3) is 0.500. The fourth-order valence-electron chi connectivity index (χ4n) is 4.11. The number of likely N-dealkylation sites (tertiary alicyclic amines) is 1. The maximum absolute atomic E-state index is 12.6. The summed E-state index contributed by atoms with van der Waals surface area (Å²) in [4.78, 5) is 35.1. The van der Waals surface area contributed by atoms with E-state index in [1.807, 2.05) is 20.8 Å². The Morgan fingerprint density at radius 3 is 2.80 bits per heavy atom. The summed E-state index contributed by atoms with van der Waals surface area (Å²) in [7, 11) is 0. The van der Waals surface area contributed by atoms with Gasteiger partial charge in [0.15, 0.2) is 5.82 Å². The molecule has 30 heavy (non-hydrogen) atoms. The van der Waals surface area contributed by atoms with Crippen molar-refractivity contribution in [3.8, 4) is 0 Å². The van der Waals surface area contributed by atoms with Crippen LogP contribution in [-0.2, 0) is 11.3 Å². The molecule has 1 amide bonds. The second-order valence-corrected chi connectivity index (χ2v) is 8.83. The number of fused-ring (bicyclic) bond motifs is 2. The van der Waals surface area contributed by atoms with Crippen LogP contribution in [-0.4, -0.2) is 54.6 Å². The highest BCUT2D eigenvalue weighted by Gasteiger charge is 2.59. The van der Waals surface area contributed by atoms with Crippen LogP contribution in [0.5, 0.6) is 0 Å². The van der Waals surface area contributed by atoms with Gasteiger partial charge < -0.3 is 14.2 Å². The summed E-state index contributed by atoms with van der Waals surface area (Å²) < 4.78 is 12.1. The molecule has 0 N–H and O–H groups in total. The molecule has 10 nitrogen and oxygen atoms in total. The Bertz CT molecular complexity index is 1170. The lowest BCUT2D eigenvalue weighted by atomic mass is 10.2. The summed E-state index contributed by atoms with van der Waals surface area (Å²) in [6.07, 6.45) is 2.89. The Balaban J connectivity index is 1.25. The normalized spacial score (nSPS) is 22.9. The zero-order valence-corrected chi connectivity index (χ0v) is 17.0. The molecule has 0 unspecified atom stereocenters. The van der Waals surface area contributed by atoms with Crippen molar-refractivity contribution in [3.05, 3.63) is 46.6 Å². The third kappa shape index (κ3) is 3.31. The number of carbonyl (C=O) groups excluding carboxylic acids is 1. The Kier molecular flexibility index (Phi) is 4.12. The van der Waals surface area contributed by atoms with E-state index in [4.69, 9.17) is 9.26 Å². The van der Waals surface area contributed by atoms with Crippen LogP contribution in [0.1, 0.15) is 38.4 Å². The van der Waals surface area contributed by atoms with Gasteiger partial charge >= 0.3 is 6.09 Å². The lowest BCUT2D eigenvalue weighted by Gasteiger charge is -2.25. The SMILES string of the molecule is CC(C)(C)OC(=O)N1C[C@@H]2[C@H](C1)[C@H]2c1noc(Cn2ncc3ncccc3c2=O)n1. The van der Waals surface area contributed by atoms with Gasteiger partial charge in [0.05, 0.1) is 17.1 Å². The van der Waals surface area contributed by atoms with Crippen molar-refractivity contribution in [3.63, 3.8) is 0 Å². The second-order valence-electron chi connectivity index (χ2n) is 8.83. The third-order valence-corrected chi connectivity index (χ3v) is 5.54. The molecule has 1 aliphatic heterocycles. The Morgan fingerprint density at radius 2 is 2.07 bits per heavy atom. The first-order chi connectivity index (χ1) is 14.3. The molecule has 0 bridgehead atoms. The van der Waals surface area contributed by atoms with Crippen molar-refractivity contribution in [2.45, 2.75) is 38.8 Å². The van der Waals surface area contributed by atoms with Gasteiger partial charge in [-0.05, 0) is 44.7 Å². The van der Waals surface area contributed by atoms with E-state index in [2.05, 4.69) is 20.2 Å². The van der Waals surface area contributed by atoms with Gasteiger partial charge in [0, 0.05) is 25.2 Å². The summed E-state index contributed by atoms with van der Waals surface area (Å²) >= 11 is 0. The molecule has 3 atom stereocenters. The number of pyridine rings is 1. The summed E-state index contributed by atoms with van der Waals surface area (Å²) in [5.41, 5.74) is -0.210. The number of hydrogen-bond acceptors (Lipinski definition) is 8. The highest BCUT2D eigenvalue weighted by Crippen LogP contribution is 2.57. The zero-order chi connectivity index (χ0) is 21.0. The second kappa shape index (κ2) is 6.61. The maximum atomic E-state index is 12.6. The number of ether oxygens (including phenoxy) is 1. The monoisotopic (exact) mass is 410 g/mol. The molecular formula is C20H22N6O4. The first-order valence-electron chi connectivity index (χ1n) is 9.91. The molecule has 1 saturated heterocycles. The number of rotatable bonds is 3. The molecule has 2 fully saturated rings. The molecule has 10 heteroatoms. The van der Waals surface area contributed by atoms with Crippen LogP contribution >= 0.6 is 0 Å². The lowest BCUT2D eigenvalue weighted by Crippen LogP contribution is -2.36. The summed E-state index contributed by atoms with van der Waals surface area (Å²) in [6, 6.07) is 3.43. The maximum Gasteiger partial charge on any atom is 0.410 e. The lowest BCUT2D eigenvalue weighted by molar-refractivity contribution is 0.0270. The minimum atomic E-state index is -0.503. The number of nitrogens with zero attached hydrogens (tertiary/aromatic N) is 6. The minimum absolute atomic E-state index is 0.1000. The van der Waals surface area contributed by atoms with Gasteiger partial charge in [-0.2, -0.15) is 10.1 Å². The van der Waals surface area contributed by atoms with Crippen molar-refractivity contribution in [1.29, 1.82) is 0 Å². The van der Waals surface area contributed by atoms with Crippen molar-refractivity contribution in [1.82, 2.24) is 29.8 Å². The van der Waals surface area contributed by atoms with E-state index in [9.17, 15) is 9.59 Å². The first-order valence-corrected chi connectivity index (χ1v) is 9.91. The van der Waals surface area contributed by atoms with Crippen molar-refractivity contribution >= 4 is 17.0 Å². The predicted octanol–water partition coefficient (Wildman–Crippen LogP) is 1.80. The number of aromatic nitrogens is 5. The molecule has 1 aliphatic carbocycles. The molecule has 0 spiro atoms. The van der Waals surface area contributed by atoms with E-state index in [0.717, 1.165) is 0 Å². The molecule has 156 valence electrons. The minimum Gasteiger partial charge on any atom is -0.444 e. The number of piperidine rings is 1. The van der Waals surface area contributed by atoms with Gasteiger partial charge in [-0.15, -0.1) is 0 Å². The number of carbonyl (C=O) groups is 1. The zero-order valence-electron chi connectivity index (χ0n) is 17.0. The number of hydrogen-bond donors (Lipinski definition) is 0. The van der Waals surface area contributed by atoms with E-state index in [1.165, 1.54) is 4.68 Å². The Morgan fingerprint density at radius 1 is 1.30 bits per heavy atom. The van der Waals surface area contributed by atoms with Gasteiger partial charge in [-0.1, -0.05) is 5.16 Å². The summed E-state index contributed by atoms with van der Waals surface area (Å²) in [6.45, 7) is 6.94. The van der Waals surface area contributed by atoms with Gasteiger partial charge in [0.25, 0.3) is 5.56 Å². The first kappa shape index (κ1) is 18.7. The van der Waals surface area contributed by atoms with E-state index in [0.29, 0.717) is 47.5 Å².